The predicted octanol–water partition coefficient (Wildman–Crippen LogP) is 1.85. The fourth-order valence-electron chi connectivity index (χ4n) is 2.92. The van der Waals surface area contributed by atoms with Gasteiger partial charge in [-0.2, -0.15) is 0 Å². The van der Waals surface area contributed by atoms with Crippen LogP contribution in [0.15, 0.2) is 48.5 Å². The Morgan fingerprint density at radius 1 is 1.19 bits per heavy atom. The van der Waals surface area contributed by atoms with E-state index < -0.39 is 11.8 Å². The molecule has 1 aliphatic rings. The minimum atomic E-state index is -0.467. The van der Waals surface area contributed by atoms with Gasteiger partial charge < -0.3 is 20.7 Å². The summed E-state index contributed by atoms with van der Waals surface area (Å²) >= 11 is 0. The fourth-order valence-corrected chi connectivity index (χ4v) is 2.92. The molecular formula is C20H21N3O4. The second kappa shape index (κ2) is 7.90. The molecule has 1 fully saturated rings. The Morgan fingerprint density at radius 3 is 2.52 bits per heavy atom. The molecule has 3 N–H and O–H groups in total. The Labute approximate surface area is 157 Å². The van der Waals surface area contributed by atoms with Crippen LogP contribution in [0.4, 0.5) is 11.4 Å². The van der Waals surface area contributed by atoms with Crippen molar-refractivity contribution in [3.63, 3.8) is 0 Å². The first-order chi connectivity index (χ1) is 12.9. The number of amides is 3. The van der Waals surface area contributed by atoms with Crippen LogP contribution in [0.25, 0.3) is 0 Å². The molecule has 0 spiro atoms. The summed E-state index contributed by atoms with van der Waals surface area (Å²) in [5, 5.41) is 2.80. The lowest BCUT2D eigenvalue weighted by molar-refractivity contribution is -0.123. The number of carbonyl (C=O) groups is 3. The van der Waals surface area contributed by atoms with Crippen LogP contribution < -0.4 is 20.7 Å². The van der Waals surface area contributed by atoms with Gasteiger partial charge in [0, 0.05) is 24.3 Å². The van der Waals surface area contributed by atoms with Crippen LogP contribution in [0.3, 0.4) is 0 Å². The number of carbonyl (C=O) groups excluding carboxylic acids is 3. The van der Waals surface area contributed by atoms with Crippen molar-refractivity contribution in [3.8, 4) is 5.75 Å². The number of primary amides is 1. The average Bonchev–Trinajstić information content (AvgIpc) is 3.04. The van der Waals surface area contributed by atoms with Crippen molar-refractivity contribution in [1.29, 1.82) is 0 Å². The lowest BCUT2D eigenvalue weighted by Gasteiger charge is -2.16. The molecule has 27 heavy (non-hydrogen) atoms. The van der Waals surface area contributed by atoms with Crippen LogP contribution in [0.5, 0.6) is 5.75 Å². The maximum atomic E-state index is 12.0. The van der Waals surface area contributed by atoms with E-state index in [2.05, 4.69) is 5.32 Å². The lowest BCUT2D eigenvalue weighted by Crippen LogP contribution is -2.28. The molecule has 1 aliphatic heterocycles. The van der Waals surface area contributed by atoms with Crippen molar-refractivity contribution < 1.29 is 19.1 Å². The molecule has 0 bridgehead atoms. The Balaban J connectivity index is 1.55. The van der Waals surface area contributed by atoms with Gasteiger partial charge in [0.25, 0.3) is 5.91 Å². The highest BCUT2D eigenvalue weighted by molar-refractivity contribution is 6.00. The molecule has 2 aromatic carbocycles. The standard InChI is InChI=1S/C20H21N3O4/c1-13-4-2-3-5-17(13)22-18(24)12-27-16-8-6-15(7-9-16)23-11-14(20(21)26)10-19(23)25/h2-9,14H,10-12H2,1H3,(H2,21,26)(H,22,24). The molecule has 3 amide bonds. The van der Waals surface area contributed by atoms with Crippen LogP contribution in [-0.2, 0) is 14.4 Å². The van der Waals surface area contributed by atoms with E-state index >= 15 is 0 Å². The summed E-state index contributed by atoms with van der Waals surface area (Å²) in [5.74, 6) is -0.807. The van der Waals surface area contributed by atoms with Crippen molar-refractivity contribution in [2.24, 2.45) is 11.7 Å². The number of benzene rings is 2. The summed E-state index contributed by atoms with van der Waals surface area (Å²) < 4.78 is 5.49. The maximum Gasteiger partial charge on any atom is 0.262 e. The van der Waals surface area contributed by atoms with E-state index in [0.29, 0.717) is 11.4 Å². The highest BCUT2D eigenvalue weighted by atomic mass is 16.5. The van der Waals surface area contributed by atoms with E-state index in [1.165, 1.54) is 4.90 Å². The van der Waals surface area contributed by atoms with Gasteiger partial charge in [-0.15, -0.1) is 0 Å². The number of hydrogen-bond acceptors (Lipinski definition) is 4. The van der Waals surface area contributed by atoms with Gasteiger partial charge in [0.1, 0.15) is 5.75 Å². The van der Waals surface area contributed by atoms with Gasteiger partial charge in [0.05, 0.1) is 5.92 Å². The molecule has 1 saturated heterocycles. The molecule has 7 heteroatoms. The van der Waals surface area contributed by atoms with Gasteiger partial charge in [0.15, 0.2) is 6.61 Å². The molecule has 1 atom stereocenters. The van der Waals surface area contributed by atoms with E-state index in [1.54, 1.807) is 24.3 Å². The molecule has 140 valence electrons. The minimum Gasteiger partial charge on any atom is -0.484 e. The molecule has 0 aromatic heterocycles. The van der Waals surface area contributed by atoms with Crippen molar-refractivity contribution in [3.05, 3.63) is 54.1 Å². The normalized spacial score (nSPS) is 16.3. The van der Waals surface area contributed by atoms with Crippen LogP contribution in [0, 0.1) is 12.8 Å². The minimum absolute atomic E-state index is 0.125. The van der Waals surface area contributed by atoms with Crippen molar-refractivity contribution in [2.75, 3.05) is 23.4 Å². The quantitative estimate of drug-likeness (QED) is 0.813. The fraction of sp³-hybridized carbons (Fsp3) is 0.250. The third kappa shape index (κ3) is 4.44. The largest absolute Gasteiger partial charge is 0.484 e. The number of nitrogens with zero attached hydrogens (tertiary/aromatic N) is 1. The number of hydrogen-bond donors (Lipinski definition) is 2. The van der Waals surface area contributed by atoms with E-state index in [0.717, 1.165) is 11.3 Å². The molecule has 7 nitrogen and oxygen atoms in total. The summed E-state index contributed by atoms with van der Waals surface area (Å²) in [4.78, 5) is 36.8. The molecule has 2 aromatic rings. The maximum absolute atomic E-state index is 12.0. The van der Waals surface area contributed by atoms with Gasteiger partial charge in [-0.1, -0.05) is 18.2 Å². The summed E-state index contributed by atoms with van der Waals surface area (Å²) in [7, 11) is 0. The SMILES string of the molecule is Cc1ccccc1NC(=O)COc1ccc(N2CC(C(N)=O)CC2=O)cc1. The van der Waals surface area contributed by atoms with Crippen LogP contribution >= 0.6 is 0 Å². The van der Waals surface area contributed by atoms with E-state index in [4.69, 9.17) is 10.5 Å². The molecule has 0 aliphatic carbocycles. The average molecular weight is 367 g/mol. The smallest absolute Gasteiger partial charge is 0.262 e. The number of nitrogens with one attached hydrogen (secondary N) is 1. The lowest BCUT2D eigenvalue weighted by atomic mass is 10.1. The van der Waals surface area contributed by atoms with Crippen LogP contribution in [0.1, 0.15) is 12.0 Å². The first-order valence-corrected chi connectivity index (χ1v) is 8.62. The number of anilines is 2. The Kier molecular flexibility index (Phi) is 5.40. The summed E-state index contributed by atoms with van der Waals surface area (Å²) in [5.41, 5.74) is 7.67. The Bertz CT molecular complexity index is 864. The van der Waals surface area contributed by atoms with E-state index in [9.17, 15) is 14.4 Å². The topological polar surface area (TPSA) is 102 Å². The third-order valence-electron chi connectivity index (χ3n) is 4.46. The second-order valence-electron chi connectivity index (χ2n) is 6.45. The van der Waals surface area contributed by atoms with Gasteiger partial charge in [-0.3, -0.25) is 14.4 Å². The number of aryl methyl sites for hydroxylation is 1. The summed E-state index contributed by atoms with van der Waals surface area (Å²) in [6.07, 6.45) is 0.132. The Morgan fingerprint density at radius 2 is 1.89 bits per heavy atom. The summed E-state index contributed by atoms with van der Waals surface area (Å²) in [6.45, 7) is 2.07. The first-order valence-electron chi connectivity index (χ1n) is 8.62. The highest BCUT2D eigenvalue weighted by Gasteiger charge is 2.33. The summed E-state index contributed by atoms with van der Waals surface area (Å²) in [6, 6.07) is 14.3. The predicted molar refractivity (Wildman–Crippen MR) is 101 cm³/mol. The monoisotopic (exact) mass is 367 g/mol. The number of para-hydroxylation sites is 1. The third-order valence-corrected chi connectivity index (χ3v) is 4.46. The van der Waals surface area contributed by atoms with Gasteiger partial charge >= 0.3 is 0 Å². The zero-order chi connectivity index (χ0) is 19.4. The molecule has 0 saturated carbocycles. The van der Waals surface area contributed by atoms with Gasteiger partial charge in [-0.25, -0.2) is 0 Å². The van der Waals surface area contributed by atoms with E-state index in [1.807, 2.05) is 31.2 Å². The van der Waals surface area contributed by atoms with Crippen molar-refractivity contribution >= 4 is 29.1 Å². The molecule has 0 radical (unpaired) electrons. The number of rotatable bonds is 6. The molecule has 1 unspecified atom stereocenters. The van der Waals surface area contributed by atoms with Crippen LogP contribution in [-0.4, -0.2) is 30.9 Å². The second-order valence-corrected chi connectivity index (χ2v) is 6.45. The number of nitrogens with two attached hydrogens (primary N) is 1. The van der Waals surface area contributed by atoms with E-state index in [-0.39, 0.29) is 31.4 Å². The molecule has 1 heterocycles. The van der Waals surface area contributed by atoms with Gasteiger partial charge in [0.2, 0.25) is 11.8 Å². The first kappa shape index (κ1) is 18.4. The molecular weight excluding hydrogens is 346 g/mol. The van der Waals surface area contributed by atoms with Gasteiger partial charge in [-0.05, 0) is 42.8 Å². The van der Waals surface area contributed by atoms with Crippen LogP contribution in [0.2, 0.25) is 0 Å². The zero-order valence-corrected chi connectivity index (χ0v) is 15.0. The van der Waals surface area contributed by atoms with Crippen molar-refractivity contribution in [2.45, 2.75) is 13.3 Å². The van der Waals surface area contributed by atoms with Crippen molar-refractivity contribution in [1.82, 2.24) is 0 Å². The number of ether oxygens (including phenoxy) is 1. The highest BCUT2D eigenvalue weighted by Crippen LogP contribution is 2.26. The Hall–Kier alpha value is -3.35. The molecule has 3 rings (SSSR count). The zero-order valence-electron chi connectivity index (χ0n) is 15.0.